The first-order chi connectivity index (χ1) is 13.7. The first-order valence-electron chi connectivity index (χ1n) is 8.84. The minimum absolute atomic E-state index is 0.0170. The van der Waals surface area contributed by atoms with Gasteiger partial charge < -0.3 is 15.4 Å². The standard InChI is InChI=1S/C20H23N3O4S2/c1-23(2)17(16-12-28-19-7-5-4-6-14(16)19)11-22-29(25,26)13-8-9-18(27-3)15(10-13)20(21)24/h4-10,12,17,22H,11H2,1-3H3,(H2,21,24). The summed E-state index contributed by atoms with van der Waals surface area (Å²) in [5, 5.41) is 3.17. The number of thiophene rings is 1. The Balaban J connectivity index is 1.88. The lowest BCUT2D eigenvalue weighted by Crippen LogP contribution is -2.34. The molecule has 0 aliphatic heterocycles. The highest BCUT2D eigenvalue weighted by atomic mass is 32.2. The predicted molar refractivity (Wildman–Crippen MR) is 115 cm³/mol. The van der Waals surface area contributed by atoms with Crippen molar-refractivity contribution in [2.24, 2.45) is 5.73 Å². The number of fused-ring (bicyclic) bond motifs is 1. The number of likely N-dealkylation sites (N-methyl/N-ethyl adjacent to an activating group) is 1. The molecule has 1 amide bonds. The third-order valence-electron chi connectivity index (χ3n) is 4.71. The number of rotatable bonds is 8. The fourth-order valence-corrected chi connectivity index (χ4v) is 5.22. The topological polar surface area (TPSA) is 102 Å². The third-order valence-corrected chi connectivity index (χ3v) is 7.11. The summed E-state index contributed by atoms with van der Waals surface area (Å²) in [5.41, 5.74) is 6.42. The van der Waals surface area contributed by atoms with Crippen molar-refractivity contribution in [1.29, 1.82) is 0 Å². The van der Waals surface area contributed by atoms with Crippen molar-refractivity contribution in [3.63, 3.8) is 0 Å². The van der Waals surface area contributed by atoms with Crippen LogP contribution in [0.2, 0.25) is 0 Å². The van der Waals surface area contributed by atoms with Gasteiger partial charge in [0.1, 0.15) is 5.75 Å². The maximum Gasteiger partial charge on any atom is 0.252 e. The van der Waals surface area contributed by atoms with E-state index >= 15 is 0 Å². The van der Waals surface area contributed by atoms with E-state index in [4.69, 9.17) is 10.5 Å². The van der Waals surface area contributed by atoms with Crippen LogP contribution in [0.15, 0.2) is 52.7 Å². The Morgan fingerprint density at radius 1 is 1.24 bits per heavy atom. The smallest absolute Gasteiger partial charge is 0.252 e. The summed E-state index contributed by atoms with van der Waals surface area (Å²) in [6, 6.07) is 11.9. The highest BCUT2D eigenvalue weighted by molar-refractivity contribution is 7.89. The summed E-state index contributed by atoms with van der Waals surface area (Å²) in [6.45, 7) is 0.175. The van der Waals surface area contributed by atoms with Crippen molar-refractivity contribution in [2.45, 2.75) is 10.9 Å². The molecule has 1 atom stereocenters. The van der Waals surface area contributed by atoms with E-state index in [-0.39, 0.29) is 28.8 Å². The molecule has 7 nitrogen and oxygen atoms in total. The van der Waals surface area contributed by atoms with Gasteiger partial charge in [0, 0.05) is 17.3 Å². The summed E-state index contributed by atoms with van der Waals surface area (Å²) in [6.07, 6.45) is 0. The summed E-state index contributed by atoms with van der Waals surface area (Å²) in [5.74, 6) is -0.526. The van der Waals surface area contributed by atoms with E-state index in [0.717, 1.165) is 15.6 Å². The molecule has 0 aliphatic carbocycles. The van der Waals surface area contributed by atoms with Gasteiger partial charge in [-0.3, -0.25) is 4.79 Å². The van der Waals surface area contributed by atoms with Crippen LogP contribution in [0.3, 0.4) is 0 Å². The lowest BCUT2D eigenvalue weighted by Gasteiger charge is -2.24. The molecule has 0 spiro atoms. The second-order valence-electron chi connectivity index (χ2n) is 6.74. The number of primary amides is 1. The van der Waals surface area contributed by atoms with Crippen LogP contribution in [-0.4, -0.2) is 47.0 Å². The zero-order chi connectivity index (χ0) is 21.2. The van der Waals surface area contributed by atoms with Crippen molar-refractivity contribution >= 4 is 37.4 Å². The Morgan fingerprint density at radius 2 is 1.97 bits per heavy atom. The van der Waals surface area contributed by atoms with Gasteiger partial charge in [-0.05, 0) is 54.7 Å². The number of nitrogens with one attached hydrogen (secondary N) is 1. The fraction of sp³-hybridized carbons (Fsp3) is 0.250. The number of ether oxygens (including phenoxy) is 1. The molecule has 0 aliphatic rings. The third kappa shape index (κ3) is 4.43. The molecule has 0 fully saturated rings. The van der Waals surface area contributed by atoms with Crippen LogP contribution in [0.5, 0.6) is 5.75 Å². The van der Waals surface area contributed by atoms with Gasteiger partial charge in [0.15, 0.2) is 0 Å². The number of nitrogens with zero attached hydrogens (tertiary/aromatic N) is 1. The maximum absolute atomic E-state index is 12.8. The molecular weight excluding hydrogens is 410 g/mol. The van der Waals surface area contributed by atoms with Crippen LogP contribution in [-0.2, 0) is 10.0 Å². The molecule has 1 heterocycles. The van der Waals surface area contributed by atoms with Crippen molar-refractivity contribution < 1.29 is 17.9 Å². The fourth-order valence-electron chi connectivity index (χ4n) is 3.15. The van der Waals surface area contributed by atoms with Crippen LogP contribution >= 0.6 is 11.3 Å². The minimum atomic E-state index is -3.85. The molecule has 154 valence electrons. The lowest BCUT2D eigenvalue weighted by atomic mass is 10.1. The second-order valence-corrected chi connectivity index (χ2v) is 9.42. The Bertz CT molecular complexity index is 1140. The monoisotopic (exact) mass is 433 g/mol. The highest BCUT2D eigenvalue weighted by Gasteiger charge is 2.23. The van der Waals surface area contributed by atoms with Crippen LogP contribution in [0, 0.1) is 0 Å². The summed E-state index contributed by atoms with van der Waals surface area (Å²) >= 11 is 1.63. The van der Waals surface area contributed by atoms with E-state index < -0.39 is 15.9 Å². The molecular formula is C20H23N3O4S2. The first kappa shape index (κ1) is 21.3. The molecule has 0 saturated carbocycles. The van der Waals surface area contributed by atoms with Gasteiger partial charge in [-0.1, -0.05) is 18.2 Å². The SMILES string of the molecule is COc1ccc(S(=O)(=O)NCC(c2csc3ccccc23)N(C)C)cc1C(N)=O. The largest absolute Gasteiger partial charge is 0.496 e. The van der Waals surface area contributed by atoms with E-state index in [2.05, 4.69) is 10.1 Å². The molecule has 2 aromatic carbocycles. The van der Waals surface area contributed by atoms with Crippen LogP contribution < -0.4 is 15.2 Å². The van der Waals surface area contributed by atoms with Crippen molar-refractivity contribution in [3.8, 4) is 5.75 Å². The van der Waals surface area contributed by atoms with Gasteiger partial charge in [-0.15, -0.1) is 11.3 Å². The summed E-state index contributed by atoms with van der Waals surface area (Å²) in [4.78, 5) is 13.5. The van der Waals surface area contributed by atoms with Gasteiger partial charge in [-0.2, -0.15) is 0 Å². The normalized spacial score (nSPS) is 13.0. The van der Waals surface area contributed by atoms with Crippen molar-refractivity contribution in [3.05, 3.63) is 59.0 Å². The number of methoxy groups -OCH3 is 1. The molecule has 3 rings (SSSR count). The van der Waals surface area contributed by atoms with Gasteiger partial charge >= 0.3 is 0 Å². The van der Waals surface area contributed by atoms with Gasteiger partial charge in [0.2, 0.25) is 10.0 Å². The average Bonchev–Trinajstić information content (AvgIpc) is 3.11. The number of amides is 1. The van der Waals surface area contributed by atoms with E-state index in [9.17, 15) is 13.2 Å². The number of carbonyl (C=O) groups is 1. The molecule has 29 heavy (non-hydrogen) atoms. The number of hydrogen-bond donors (Lipinski definition) is 2. The Labute approximate surface area is 174 Å². The molecule has 3 N–H and O–H groups in total. The van der Waals surface area contributed by atoms with Crippen molar-refractivity contribution in [1.82, 2.24) is 9.62 Å². The van der Waals surface area contributed by atoms with Crippen molar-refractivity contribution in [2.75, 3.05) is 27.7 Å². The van der Waals surface area contributed by atoms with Gasteiger partial charge in [0.25, 0.3) is 5.91 Å². The van der Waals surface area contributed by atoms with E-state index in [1.54, 1.807) is 11.3 Å². The van der Waals surface area contributed by atoms with Crippen LogP contribution in [0.1, 0.15) is 22.0 Å². The maximum atomic E-state index is 12.8. The quantitative estimate of drug-likeness (QED) is 0.569. The zero-order valence-corrected chi connectivity index (χ0v) is 18.0. The number of hydrogen-bond acceptors (Lipinski definition) is 6. The molecule has 3 aromatic rings. The van der Waals surface area contributed by atoms with Gasteiger partial charge in [0.05, 0.1) is 17.6 Å². The van der Waals surface area contributed by atoms with E-state index in [1.807, 2.05) is 43.3 Å². The zero-order valence-electron chi connectivity index (χ0n) is 16.4. The van der Waals surface area contributed by atoms with Gasteiger partial charge in [-0.25, -0.2) is 13.1 Å². The number of carbonyl (C=O) groups excluding carboxylic acids is 1. The predicted octanol–water partition coefficient (Wildman–Crippen LogP) is 2.59. The minimum Gasteiger partial charge on any atom is -0.496 e. The number of benzene rings is 2. The Hall–Kier alpha value is -2.46. The van der Waals surface area contributed by atoms with E-state index in [1.165, 1.54) is 25.3 Å². The number of sulfonamides is 1. The molecule has 1 aromatic heterocycles. The van der Waals surface area contributed by atoms with E-state index in [0.29, 0.717) is 0 Å². The lowest BCUT2D eigenvalue weighted by molar-refractivity contribution is 0.0997. The first-order valence-corrected chi connectivity index (χ1v) is 11.2. The highest BCUT2D eigenvalue weighted by Crippen LogP contribution is 2.32. The molecule has 0 bridgehead atoms. The Morgan fingerprint density at radius 3 is 2.62 bits per heavy atom. The Kier molecular flexibility index (Phi) is 6.23. The molecule has 0 radical (unpaired) electrons. The molecule has 9 heteroatoms. The number of nitrogens with two attached hydrogens (primary N) is 1. The summed E-state index contributed by atoms with van der Waals surface area (Å²) in [7, 11) is 1.35. The summed E-state index contributed by atoms with van der Waals surface area (Å²) < 4.78 is 34.6. The van der Waals surface area contributed by atoms with Crippen LogP contribution in [0.25, 0.3) is 10.1 Å². The molecule has 0 saturated heterocycles. The molecule has 1 unspecified atom stereocenters. The average molecular weight is 434 g/mol. The second kappa shape index (κ2) is 8.50. The van der Waals surface area contributed by atoms with Crippen LogP contribution in [0.4, 0.5) is 0 Å².